The summed E-state index contributed by atoms with van der Waals surface area (Å²) in [6, 6.07) is 26.1. The maximum absolute atomic E-state index is 5.84. The van der Waals surface area contributed by atoms with Crippen molar-refractivity contribution in [3.8, 4) is 11.5 Å². The van der Waals surface area contributed by atoms with Crippen LogP contribution in [0.4, 0.5) is 0 Å². The van der Waals surface area contributed by atoms with Crippen LogP contribution in [-0.4, -0.2) is 26.4 Å². The van der Waals surface area contributed by atoms with Gasteiger partial charge in [0, 0.05) is 5.92 Å². The summed E-state index contributed by atoms with van der Waals surface area (Å²) in [6.07, 6.45) is 2.48. The Morgan fingerprint density at radius 2 is 1.66 bits per heavy atom. The molecule has 3 atom stereocenters. The maximum Gasteiger partial charge on any atom is 0.119 e. The minimum atomic E-state index is 0.275. The summed E-state index contributed by atoms with van der Waals surface area (Å²) in [4.78, 5) is 0. The molecule has 0 amide bonds. The van der Waals surface area contributed by atoms with E-state index in [1.165, 1.54) is 22.3 Å². The van der Waals surface area contributed by atoms with Gasteiger partial charge in [-0.15, -0.1) is 0 Å². The van der Waals surface area contributed by atoms with Crippen LogP contribution in [0.2, 0.25) is 0 Å². The summed E-state index contributed by atoms with van der Waals surface area (Å²) in [5, 5.41) is 0. The Labute approximate surface area is 172 Å². The predicted octanol–water partition coefficient (Wildman–Crippen LogP) is 5.33. The monoisotopic (exact) mass is 386 g/mol. The quantitative estimate of drug-likeness (QED) is 0.536. The van der Waals surface area contributed by atoms with Crippen molar-refractivity contribution in [2.24, 2.45) is 0 Å². The molecule has 0 radical (unpaired) electrons. The minimum absolute atomic E-state index is 0.275. The van der Waals surface area contributed by atoms with Crippen LogP contribution in [0.15, 0.2) is 72.8 Å². The zero-order chi connectivity index (χ0) is 19.6. The summed E-state index contributed by atoms with van der Waals surface area (Å²) < 4.78 is 16.5. The molecule has 0 spiro atoms. The second-order valence-corrected chi connectivity index (χ2v) is 7.93. The molecule has 3 unspecified atom stereocenters. The number of hydrogen-bond acceptors (Lipinski definition) is 3. The van der Waals surface area contributed by atoms with Gasteiger partial charge in [-0.2, -0.15) is 0 Å². The number of hydrogen-bond donors (Lipinski definition) is 0. The van der Waals surface area contributed by atoms with Crippen molar-refractivity contribution in [1.29, 1.82) is 0 Å². The number of methoxy groups -OCH3 is 1. The second-order valence-electron chi connectivity index (χ2n) is 7.93. The number of aryl methyl sites for hydroxylation is 1. The average Bonchev–Trinajstić information content (AvgIpc) is 3.62. The van der Waals surface area contributed by atoms with Crippen molar-refractivity contribution in [2.75, 3.05) is 20.3 Å². The SMILES string of the molecule is COc1ccc2c(c1)CCC(c1ccccc1)C2c1ccc(OCC2CO2)cc1. The first-order valence-corrected chi connectivity index (χ1v) is 10.4. The lowest BCUT2D eigenvalue weighted by molar-refractivity contribution is 0.263. The highest BCUT2D eigenvalue weighted by molar-refractivity contribution is 5.48. The molecule has 148 valence electrons. The summed E-state index contributed by atoms with van der Waals surface area (Å²) in [5.41, 5.74) is 5.55. The lowest BCUT2D eigenvalue weighted by atomic mass is 9.69. The Bertz CT molecular complexity index is 961. The smallest absolute Gasteiger partial charge is 0.119 e. The molecule has 1 aliphatic heterocycles. The molecule has 1 fully saturated rings. The van der Waals surface area contributed by atoms with Gasteiger partial charge >= 0.3 is 0 Å². The predicted molar refractivity (Wildman–Crippen MR) is 114 cm³/mol. The minimum Gasteiger partial charge on any atom is -0.497 e. The third-order valence-electron chi connectivity index (χ3n) is 6.12. The summed E-state index contributed by atoms with van der Waals surface area (Å²) in [7, 11) is 1.74. The van der Waals surface area contributed by atoms with Gasteiger partial charge in [-0.25, -0.2) is 0 Å². The molecule has 29 heavy (non-hydrogen) atoms. The second kappa shape index (κ2) is 7.92. The molecule has 1 saturated heterocycles. The first-order valence-electron chi connectivity index (χ1n) is 10.4. The highest BCUT2D eigenvalue weighted by Gasteiger charge is 2.32. The Kier molecular flexibility index (Phi) is 4.99. The van der Waals surface area contributed by atoms with Crippen LogP contribution in [0.1, 0.15) is 40.5 Å². The molecule has 1 heterocycles. The van der Waals surface area contributed by atoms with Crippen LogP contribution >= 0.6 is 0 Å². The van der Waals surface area contributed by atoms with E-state index >= 15 is 0 Å². The van der Waals surface area contributed by atoms with Gasteiger partial charge in [0.15, 0.2) is 0 Å². The summed E-state index contributed by atoms with van der Waals surface area (Å²) >= 11 is 0. The first kappa shape index (κ1) is 18.3. The Hall–Kier alpha value is -2.78. The van der Waals surface area contributed by atoms with Crippen molar-refractivity contribution >= 4 is 0 Å². The zero-order valence-electron chi connectivity index (χ0n) is 16.7. The van der Waals surface area contributed by atoms with Crippen molar-refractivity contribution in [1.82, 2.24) is 0 Å². The number of fused-ring (bicyclic) bond motifs is 1. The van der Waals surface area contributed by atoms with Crippen LogP contribution in [0.5, 0.6) is 11.5 Å². The normalized spacial score (nSPS) is 22.6. The molecule has 3 aromatic rings. The van der Waals surface area contributed by atoms with Crippen LogP contribution < -0.4 is 9.47 Å². The third kappa shape index (κ3) is 3.88. The lowest BCUT2D eigenvalue weighted by Crippen LogP contribution is -2.20. The molecular weight excluding hydrogens is 360 g/mol. The van der Waals surface area contributed by atoms with E-state index in [-0.39, 0.29) is 6.10 Å². The van der Waals surface area contributed by atoms with Crippen LogP contribution in [-0.2, 0) is 11.2 Å². The van der Waals surface area contributed by atoms with Gasteiger partial charge in [0.05, 0.1) is 13.7 Å². The zero-order valence-corrected chi connectivity index (χ0v) is 16.7. The fraction of sp³-hybridized carbons (Fsp3) is 0.308. The third-order valence-corrected chi connectivity index (χ3v) is 6.12. The fourth-order valence-corrected chi connectivity index (χ4v) is 4.52. The number of benzene rings is 3. The molecule has 3 aromatic carbocycles. The summed E-state index contributed by atoms with van der Waals surface area (Å²) in [6.45, 7) is 1.46. The van der Waals surface area contributed by atoms with Crippen LogP contribution in [0, 0.1) is 0 Å². The number of ether oxygens (including phenoxy) is 3. The van der Waals surface area contributed by atoms with E-state index in [4.69, 9.17) is 14.2 Å². The van der Waals surface area contributed by atoms with Crippen molar-refractivity contribution in [2.45, 2.75) is 30.8 Å². The average molecular weight is 386 g/mol. The van der Waals surface area contributed by atoms with Gasteiger partial charge in [-0.05, 0) is 65.3 Å². The van der Waals surface area contributed by atoms with E-state index in [1.807, 2.05) is 0 Å². The van der Waals surface area contributed by atoms with Crippen molar-refractivity contribution < 1.29 is 14.2 Å². The molecule has 2 aliphatic rings. The highest BCUT2D eigenvalue weighted by Crippen LogP contribution is 2.47. The molecule has 0 aromatic heterocycles. The van der Waals surface area contributed by atoms with Gasteiger partial charge in [-0.1, -0.05) is 48.5 Å². The fourth-order valence-electron chi connectivity index (χ4n) is 4.52. The topological polar surface area (TPSA) is 31.0 Å². The van der Waals surface area contributed by atoms with Gasteiger partial charge in [0.25, 0.3) is 0 Å². The molecule has 3 nitrogen and oxygen atoms in total. The highest BCUT2D eigenvalue weighted by atomic mass is 16.6. The van der Waals surface area contributed by atoms with Gasteiger partial charge in [-0.3, -0.25) is 0 Å². The molecular formula is C26H26O3. The van der Waals surface area contributed by atoms with Crippen LogP contribution in [0.3, 0.4) is 0 Å². The van der Waals surface area contributed by atoms with E-state index in [1.54, 1.807) is 7.11 Å². The van der Waals surface area contributed by atoms with E-state index in [9.17, 15) is 0 Å². The Morgan fingerprint density at radius 1 is 0.897 bits per heavy atom. The standard InChI is InChI=1S/C26H26O3/c1-27-22-12-14-25-20(15-22)9-13-24(18-5-3-2-4-6-18)26(25)19-7-10-21(11-8-19)28-16-23-17-29-23/h2-8,10-12,14-15,23-24,26H,9,13,16-17H2,1H3. The molecule has 5 rings (SSSR count). The van der Waals surface area contributed by atoms with E-state index in [0.29, 0.717) is 18.4 Å². The molecule has 1 aliphatic carbocycles. The van der Waals surface area contributed by atoms with E-state index in [0.717, 1.165) is 30.9 Å². The molecule has 0 bridgehead atoms. The van der Waals surface area contributed by atoms with Crippen molar-refractivity contribution in [3.63, 3.8) is 0 Å². The number of rotatable bonds is 6. The van der Waals surface area contributed by atoms with Gasteiger partial charge in [0.2, 0.25) is 0 Å². The molecule has 0 saturated carbocycles. The van der Waals surface area contributed by atoms with Gasteiger partial charge < -0.3 is 14.2 Å². The molecule has 3 heteroatoms. The van der Waals surface area contributed by atoms with Gasteiger partial charge in [0.1, 0.15) is 24.2 Å². The van der Waals surface area contributed by atoms with Crippen LogP contribution in [0.25, 0.3) is 0 Å². The van der Waals surface area contributed by atoms with E-state index < -0.39 is 0 Å². The first-order chi connectivity index (χ1) is 14.3. The van der Waals surface area contributed by atoms with Crippen molar-refractivity contribution in [3.05, 3.63) is 95.1 Å². The largest absolute Gasteiger partial charge is 0.497 e. The Morgan fingerprint density at radius 3 is 2.38 bits per heavy atom. The maximum atomic E-state index is 5.84. The Balaban J connectivity index is 1.50. The van der Waals surface area contributed by atoms with E-state index in [2.05, 4.69) is 72.8 Å². The summed E-state index contributed by atoms with van der Waals surface area (Å²) in [5.74, 6) is 2.63. The lowest BCUT2D eigenvalue weighted by Gasteiger charge is -2.35. The number of epoxide rings is 1. The molecule has 0 N–H and O–H groups in total.